The van der Waals surface area contributed by atoms with Gasteiger partial charge in [-0.25, -0.2) is 4.79 Å². The molecular formula is C23H34N4O7. The minimum Gasteiger partial charge on any atom is -0.508 e. The van der Waals surface area contributed by atoms with Crippen molar-refractivity contribution in [2.75, 3.05) is 6.54 Å². The number of amides is 3. The van der Waals surface area contributed by atoms with Crippen LogP contribution in [0.4, 0.5) is 0 Å². The maximum atomic E-state index is 13.1. The Balaban J connectivity index is 2.20. The van der Waals surface area contributed by atoms with Crippen molar-refractivity contribution in [2.45, 2.75) is 70.3 Å². The van der Waals surface area contributed by atoms with Gasteiger partial charge in [-0.05, 0) is 49.9 Å². The second-order valence-corrected chi connectivity index (χ2v) is 8.88. The van der Waals surface area contributed by atoms with Crippen molar-refractivity contribution in [1.29, 1.82) is 0 Å². The normalized spacial score (nSPS) is 19.0. The first-order valence-electron chi connectivity index (χ1n) is 11.3. The van der Waals surface area contributed by atoms with Crippen molar-refractivity contribution in [1.82, 2.24) is 21.3 Å². The molecule has 2 rings (SSSR count). The highest BCUT2D eigenvalue weighted by Crippen LogP contribution is 2.13. The lowest BCUT2D eigenvalue weighted by atomic mass is 10.00. The number of benzene rings is 1. The molecule has 34 heavy (non-hydrogen) atoms. The summed E-state index contributed by atoms with van der Waals surface area (Å²) in [4.78, 5) is 50.0. The molecule has 0 radical (unpaired) electrons. The molecule has 1 aromatic rings. The molecule has 1 fully saturated rings. The predicted molar refractivity (Wildman–Crippen MR) is 123 cm³/mol. The highest BCUT2D eigenvalue weighted by molar-refractivity contribution is 5.94. The number of rotatable bonds is 11. The van der Waals surface area contributed by atoms with Crippen LogP contribution in [-0.2, 0) is 25.6 Å². The molecular weight excluding hydrogens is 444 g/mol. The van der Waals surface area contributed by atoms with E-state index in [9.17, 15) is 34.5 Å². The van der Waals surface area contributed by atoms with E-state index in [1.165, 1.54) is 19.1 Å². The Kier molecular flexibility index (Phi) is 9.82. The molecule has 1 heterocycles. The van der Waals surface area contributed by atoms with E-state index < -0.39 is 42.0 Å². The Labute approximate surface area is 198 Å². The number of aliphatic hydroxyl groups is 1. The second-order valence-electron chi connectivity index (χ2n) is 8.88. The molecule has 1 aromatic carbocycles. The van der Waals surface area contributed by atoms with Crippen LogP contribution in [0.2, 0.25) is 0 Å². The van der Waals surface area contributed by atoms with Gasteiger partial charge in [0.1, 0.15) is 17.8 Å². The first kappa shape index (κ1) is 27.1. The van der Waals surface area contributed by atoms with E-state index >= 15 is 0 Å². The lowest BCUT2D eigenvalue weighted by molar-refractivity contribution is -0.145. The van der Waals surface area contributed by atoms with Crippen LogP contribution in [0.5, 0.6) is 5.75 Å². The van der Waals surface area contributed by atoms with Crippen molar-refractivity contribution in [3.05, 3.63) is 29.8 Å². The Bertz CT molecular complexity index is 867. The summed E-state index contributed by atoms with van der Waals surface area (Å²) < 4.78 is 0. The number of phenols is 1. The molecule has 5 unspecified atom stereocenters. The number of aromatic hydroxyl groups is 1. The lowest BCUT2D eigenvalue weighted by Crippen LogP contribution is -2.59. The average Bonchev–Trinajstić information content (AvgIpc) is 3.30. The number of hydrogen-bond acceptors (Lipinski definition) is 7. The summed E-state index contributed by atoms with van der Waals surface area (Å²) in [5.41, 5.74) is 0.600. The molecule has 0 aromatic heterocycles. The number of hydrogen-bond donors (Lipinski definition) is 7. The lowest BCUT2D eigenvalue weighted by Gasteiger charge is -2.27. The van der Waals surface area contributed by atoms with Crippen LogP contribution in [0.3, 0.4) is 0 Å². The van der Waals surface area contributed by atoms with Crippen LogP contribution in [-0.4, -0.2) is 75.8 Å². The zero-order valence-corrected chi connectivity index (χ0v) is 19.6. The summed E-state index contributed by atoms with van der Waals surface area (Å²) in [5.74, 6) is -3.38. The summed E-state index contributed by atoms with van der Waals surface area (Å²) in [5, 5.41) is 39.2. The van der Waals surface area contributed by atoms with E-state index in [4.69, 9.17) is 0 Å². The molecule has 0 saturated carbocycles. The topological polar surface area (TPSA) is 177 Å². The molecule has 1 saturated heterocycles. The summed E-state index contributed by atoms with van der Waals surface area (Å²) >= 11 is 0. The number of carbonyl (C=O) groups excluding carboxylic acids is 3. The predicted octanol–water partition coefficient (Wildman–Crippen LogP) is -0.737. The van der Waals surface area contributed by atoms with Gasteiger partial charge in [-0.3, -0.25) is 14.4 Å². The molecule has 0 spiro atoms. The van der Waals surface area contributed by atoms with E-state index in [1.54, 1.807) is 26.0 Å². The fourth-order valence-corrected chi connectivity index (χ4v) is 3.68. The Morgan fingerprint density at radius 3 is 2.15 bits per heavy atom. The zero-order chi connectivity index (χ0) is 25.4. The minimum atomic E-state index is -1.57. The monoisotopic (exact) mass is 478 g/mol. The number of nitrogens with one attached hydrogen (secondary N) is 4. The van der Waals surface area contributed by atoms with Crippen LogP contribution in [0, 0.1) is 5.92 Å². The highest BCUT2D eigenvalue weighted by Gasteiger charge is 2.33. The zero-order valence-electron chi connectivity index (χ0n) is 19.6. The van der Waals surface area contributed by atoms with Gasteiger partial charge in [0.05, 0.1) is 12.1 Å². The van der Waals surface area contributed by atoms with E-state index in [0.717, 1.165) is 13.0 Å². The van der Waals surface area contributed by atoms with Crippen molar-refractivity contribution in [2.24, 2.45) is 5.92 Å². The minimum absolute atomic E-state index is 0.00700. The fraction of sp³-hybridized carbons (Fsp3) is 0.565. The van der Waals surface area contributed by atoms with Gasteiger partial charge in [0.2, 0.25) is 17.7 Å². The largest absolute Gasteiger partial charge is 0.508 e. The van der Waals surface area contributed by atoms with Gasteiger partial charge in [0.15, 0.2) is 6.04 Å². The van der Waals surface area contributed by atoms with Crippen LogP contribution >= 0.6 is 0 Å². The number of carboxylic acid groups (broad SMARTS) is 1. The van der Waals surface area contributed by atoms with Gasteiger partial charge in [0.25, 0.3) is 0 Å². The maximum absolute atomic E-state index is 13.1. The summed E-state index contributed by atoms with van der Waals surface area (Å²) in [7, 11) is 0. The molecule has 0 bridgehead atoms. The van der Waals surface area contributed by atoms with Gasteiger partial charge in [-0.1, -0.05) is 26.0 Å². The number of carboxylic acids is 1. The number of aliphatic carboxylic acids is 1. The fourth-order valence-electron chi connectivity index (χ4n) is 3.68. The molecule has 5 atom stereocenters. The average molecular weight is 479 g/mol. The van der Waals surface area contributed by atoms with Crippen LogP contribution in [0.15, 0.2) is 24.3 Å². The second kappa shape index (κ2) is 12.3. The van der Waals surface area contributed by atoms with E-state index in [2.05, 4.69) is 21.3 Å². The summed E-state index contributed by atoms with van der Waals surface area (Å²) in [6.07, 6.45) is 0.153. The Hall–Kier alpha value is -3.18. The highest BCUT2D eigenvalue weighted by atomic mass is 16.4. The van der Waals surface area contributed by atoms with Crippen molar-refractivity contribution < 1.29 is 34.5 Å². The smallest absolute Gasteiger partial charge is 0.328 e. The van der Waals surface area contributed by atoms with E-state index in [1.807, 2.05) is 0 Å². The van der Waals surface area contributed by atoms with Crippen molar-refractivity contribution in [3.63, 3.8) is 0 Å². The Morgan fingerprint density at radius 1 is 1.00 bits per heavy atom. The van der Waals surface area contributed by atoms with Crippen molar-refractivity contribution in [3.8, 4) is 5.75 Å². The molecule has 11 nitrogen and oxygen atoms in total. The number of carbonyl (C=O) groups is 4. The molecule has 3 amide bonds. The summed E-state index contributed by atoms with van der Waals surface area (Å²) in [6, 6.07) is 1.92. The standard InChI is InChI=1S/C23H34N4O7/c1-12(2)18(26-20(30)16-5-4-10-24-16)22(32)25-17(11-14-6-8-15(29)9-7-14)21(31)27-19(13(3)28)23(33)34/h6-9,12-13,16-19,24,28-29H,4-5,10-11H2,1-3H3,(H,25,32)(H,26,30)(H,27,31)(H,33,34). The van der Waals surface area contributed by atoms with Gasteiger partial charge in [-0.15, -0.1) is 0 Å². The third-order valence-corrected chi connectivity index (χ3v) is 5.68. The molecule has 11 heteroatoms. The van der Waals surface area contributed by atoms with E-state index in [-0.39, 0.29) is 30.0 Å². The third-order valence-electron chi connectivity index (χ3n) is 5.68. The number of aliphatic hydroxyl groups excluding tert-OH is 1. The van der Waals surface area contributed by atoms with E-state index in [0.29, 0.717) is 12.0 Å². The van der Waals surface area contributed by atoms with Crippen LogP contribution < -0.4 is 21.3 Å². The van der Waals surface area contributed by atoms with Gasteiger partial charge < -0.3 is 36.6 Å². The SMILES string of the molecule is CC(C)C(NC(=O)C1CCCN1)C(=O)NC(Cc1ccc(O)cc1)C(=O)NC(C(=O)O)C(C)O. The van der Waals surface area contributed by atoms with Crippen LogP contribution in [0.1, 0.15) is 39.2 Å². The first-order valence-corrected chi connectivity index (χ1v) is 11.3. The van der Waals surface area contributed by atoms with Gasteiger partial charge in [-0.2, -0.15) is 0 Å². The summed E-state index contributed by atoms with van der Waals surface area (Å²) in [6.45, 7) is 5.47. The maximum Gasteiger partial charge on any atom is 0.328 e. The number of phenolic OH excluding ortho intramolecular Hbond substituents is 1. The van der Waals surface area contributed by atoms with Crippen molar-refractivity contribution >= 4 is 23.7 Å². The molecule has 1 aliphatic rings. The molecule has 0 aliphatic carbocycles. The Morgan fingerprint density at radius 2 is 1.65 bits per heavy atom. The van der Waals surface area contributed by atoms with Gasteiger partial charge >= 0.3 is 5.97 Å². The first-order chi connectivity index (χ1) is 16.0. The van der Waals surface area contributed by atoms with Crippen LogP contribution in [0.25, 0.3) is 0 Å². The molecule has 1 aliphatic heterocycles. The third kappa shape index (κ3) is 7.70. The molecule has 7 N–H and O–H groups in total. The quantitative estimate of drug-likeness (QED) is 0.217. The molecule has 188 valence electrons. The van der Waals surface area contributed by atoms with Gasteiger partial charge in [0, 0.05) is 6.42 Å².